The third-order valence-electron chi connectivity index (χ3n) is 9.67. The molecule has 0 aliphatic carbocycles. The Kier molecular flexibility index (Phi) is 8.40. The van der Waals surface area contributed by atoms with E-state index >= 15 is 0 Å². The Morgan fingerprint density at radius 3 is 2.56 bits per heavy atom. The molecule has 1 N–H and O–H groups in total. The minimum atomic E-state index is -1.90. The number of piperidine rings is 1. The fraction of sp³-hybridized carbons (Fsp3) is 0.528. The van der Waals surface area contributed by atoms with Gasteiger partial charge in [-0.3, -0.25) is 9.59 Å². The van der Waals surface area contributed by atoms with Gasteiger partial charge in [0.1, 0.15) is 18.0 Å². The largest absolute Gasteiger partial charge is 0.460 e. The molecule has 12 heteroatoms. The fourth-order valence-electron chi connectivity index (χ4n) is 7.12. The second-order valence-electron chi connectivity index (χ2n) is 14.7. The topological polar surface area (TPSA) is 140 Å². The van der Waals surface area contributed by atoms with Gasteiger partial charge in [-0.05, 0) is 84.8 Å². The normalized spacial score (nSPS) is 23.4. The highest BCUT2D eigenvalue weighted by atomic mass is 16.6. The van der Waals surface area contributed by atoms with E-state index in [0.29, 0.717) is 42.2 Å². The number of hydrogen-bond acceptors (Lipinski definition) is 10. The third-order valence-corrected chi connectivity index (χ3v) is 9.67. The van der Waals surface area contributed by atoms with E-state index < -0.39 is 23.3 Å². The summed E-state index contributed by atoms with van der Waals surface area (Å²) in [6.45, 7) is 12.0. The zero-order valence-electron chi connectivity index (χ0n) is 28.9. The molecule has 0 radical (unpaired) electrons. The molecule has 0 spiro atoms. The van der Waals surface area contributed by atoms with Crippen molar-refractivity contribution in [2.75, 3.05) is 20.6 Å². The molecule has 3 aliphatic rings. The lowest BCUT2D eigenvalue weighted by atomic mass is 9.83. The summed E-state index contributed by atoms with van der Waals surface area (Å²) in [6.07, 6.45) is 0.0485. The van der Waals surface area contributed by atoms with Crippen molar-refractivity contribution in [2.45, 2.75) is 91.3 Å². The Morgan fingerprint density at radius 2 is 1.90 bits per heavy atom. The molecule has 3 aliphatic heterocycles. The second-order valence-corrected chi connectivity index (χ2v) is 14.7. The Bertz CT molecular complexity index is 1890. The highest BCUT2D eigenvalue weighted by molar-refractivity contribution is 5.90. The van der Waals surface area contributed by atoms with E-state index in [1.807, 2.05) is 59.7 Å². The maximum atomic E-state index is 13.7. The highest BCUT2D eigenvalue weighted by Gasteiger charge is 2.45. The van der Waals surface area contributed by atoms with Gasteiger partial charge in [-0.2, -0.15) is 0 Å². The van der Waals surface area contributed by atoms with Crippen LogP contribution in [0.3, 0.4) is 0 Å². The summed E-state index contributed by atoms with van der Waals surface area (Å²) in [7, 11) is 3.85. The third kappa shape index (κ3) is 5.74. The lowest BCUT2D eigenvalue weighted by molar-refractivity contribution is -0.172. The van der Waals surface area contributed by atoms with Crippen LogP contribution in [0.5, 0.6) is 5.75 Å². The molecule has 6 rings (SSSR count). The number of hydrogen-bond donors (Lipinski definition) is 1. The van der Waals surface area contributed by atoms with Gasteiger partial charge >= 0.3 is 18.0 Å². The predicted octanol–water partition coefficient (Wildman–Crippen LogP) is 4.33. The molecule has 3 aromatic rings. The van der Waals surface area contributed by atoms with Crippen LogP contribution in [0.25, 0.3) is 22.3 Å². The van der Waals surface area contributed by atoms with Gasteiger partial charge in [0.25, 0.3) is 5.56 Å². The molecule has 12 nitrogen and oxygen atoms in total. The summed E-state index contributed by atoms with van der Waals surface area (Å²) in [6, 6.07) is 6.96. The number of aromatic nitrogens is 2. The molecular weight excluding hydrogens is 616 g/mol. The number of amides is 1. The number of ether oxygens (including phenoxy) is 3. The maximum Gasteiger partial charge on any atom is 0.415 e. The second kappa shape index (κ2) is 12.0. The van der Waals surface area contributed by atoms with Gasteiger partial charge in [0.05, 0.1) is 34.9 Å². The molecule has 1 aromatic carbocycles. The summed E-state index contributed by atoms with van der Waals surface area (Å²) in [5.41, 5.74) is 1.05. The zero-order chi connectivity index (χ0) is 34.9. The van der Waals surface area contributed by atoms with E-state index in [9.17, 15) is 24.3 Å². The standard InChI is InChI=1S/C36H44N4O8/c1-9-36(45)26-14-28-30-21(16-40(28)31(41)25(26)18-46-33(36)43)13-23-24(17-38(7)8)29(11-10-27(23)37-30)47-34(44)39-15-19(2)22(12-20(39)3)32(42)48-35(4,5)6/h10-11,13-14,19-20,22,45H,9,12,15-18H2,1-8H3/t19-,20+,22?,36+/m1/s1. The van der Waals surface area contributed by atoms with Crippen molar-refractivity contribution in [3.05, 3.63) is 56.9 Å². The Hall–Kier alpha value is -4.29. The molecule has 4 atom stereocenters. The van der Waals surface area contributed by atoms with Crippen molar-refractivity contribution in [1.82, 2.24) is 19.4 Å². The monoisotopic (exact) mass is 660 g/mol. The number of rotatable bonds is 5. The first-order chi connectivity index (χ1) is 22.5. The van der Waals surface area contributed by atoms with Crippen LogP contribution < -0.4 is 10.3 Å². The van der Waals surface area contributed by atoms with E-state index in [1.54, 1.807) is 34.6 Å². The zero-order valence-corrected chi connectivity index (χ0v) is 28.9. The van der Waals surface area contributed by atoms with E-state index in [-0.39, 0.29) is 60.1 Å². The minimum Gasteiger partial charge on any atom is -0.460 e. The fourth-order valence-corrected chi connectivity index (χ4v) is 7.12. The number of aliphatic hydroxyl groups is 1. The molecule has 5 heterocycles. The van der Waals surface area contributed by atoms with Crippen LogP contribution >= 0.6 is 0 Å². The van der Waals surface area contributed by atoms with Crippen LogP contribution in [0.1, 0.15) is 76.6 Å². The summed E-state index contributed by atoms with van der Waals surface area (Å²) in [4.78, 5) is 61.3. The minimum absolute atomic E-state index is 0.0641. The van der Waals surface area contributed by atoms with E-state index in [0.717, 1.165) is 16.5 Å². The lowest BCUT2D eigenvalue weighted by Gasteiger charge is -2.40. The Labute approximate surface area is 279 Å². The highest BCUT2D eigenvalue weighted by Crippen LogP contribution is 2.40. The molecule has 0 bridgehead atoms. The Morgan fingerprint density at radius 1 is 1.17 bits per heavy atom. The van der Waals surface area contributed by atoms with E-state index in [2.05, 4.69) is 0 Å². The van der Waals surface area contributed by atoms with Crippen LogP contribution in [0.15, 0.2) is 29.1 Å². The van der Waals surface area contributed by atoms with Crippen LogP contribution in [0.4, 0.5) is 4.79 Å². The SMILES string of the molecule is CC[C@@]1(O)C(=O)OCc2c1cc1n(c2=O)Cc2cc3c(CN(C)C)c(OC(=O)N4C[C@@H](C)C(C(=O)OC(C)(C)C)C[C@@H]4C)ccc3nc2-1. The van der Waals surface area contributed by atoms with Crippen molar-refractivity contribution in [3.63, 3.8) is 0 Å². The number of benzene rings is 1. The van der Waals surface area contributed by atoms with Gasteiger partial charge in [-0.15, -0.1) is 0 Å². The Balaban J connectivity index is 1.33. The molecule has 1 saturated heterocycles. The first-order valence-corrected chi connectivity index (χ1v) is 16.5. The van der Waals surface area contributed by atoms with Gasteiger partial charge < -0.3 is 33.7 Å². The van der Waals surface area contributed by atoms with Crippen LogP contribution in [0, 0.1) is 11.8 Å². The number of cyclic esters (lactones) is 1. The van der Waals surface area contributed by atoms with E-state index in [1.165, 1.54) is 0 Å². The van der Waals surface area contributed by atoms with Crippen LogP contribution in [-0.2, 0) is 44.4 Å². The van der Waals surface area contributed by atoms with Gasteiger partial charge in [-0.25, -0.2) is 14.6 Å². The summed E-state index contributed by atoms with van der Waals surface area (Å²) < 4.78 is 18.5. The van der Waals surface area contributed by atoms with Gasteiger partial charge in [0.2, 0.25) is 0 Å². The number of pyridine rings is 2. The molecule has 1 amide bonds. The van der Waals surface area contributed by atoms with Gasteiger partial charge in [-0.1, -0.05) is 13.8 Å². The molecule has 256 valence electrons. The van der Waals surface area contributed by atoms with E-state index in [4.69, 9.17) is 19.2 Å². The maximum absolute atomic E-state index is 13.7. The first-order valence-electron chi connectivity index (χ1n) is 16.5. The number of likely N-dealkylation sites (tertiary alicyclic amines) is 1. The van der Waals surface area contributed by atoms with Crippen molar-refractivity contribution >= 4 is 28.9 Å². The number of fused-ring (bicyclic) bond motifs is 5. The van der Waals surface area contributed by atoms with Gasteiger partial charge in [0, 0.05) is 41.2 Å². The first kappa shape index (κ1) is 33.6. The average Bonchev–Trinajstić information content (AvgIpc) is 3.37. The molecule has 0 saturated carbocycles. The smallest absolute Gasteiger partial charge is 0.415 e. The molecule has 48 heavy (non-hydrogen) atoms. The van der Waals surface area contributed by atoms with Crippen LogP contribution in [0.2, 0.25) is 0 Å². The predicted molar refractivity (Wildman–Crippen MR) is 177 cm³/mol. The molecular formula is C36H44N4O8. The average molecular weight is 661 g/mol. The van der Waals surface area contributed by atoms with Crippen molar-refractivity contribution in [2.24, 2.45) is 11.8 Å². The lowest BCUT2D eigenvalue weighted by Crippen LogP contribution is -2.51. The summed E-state index contributed by atoms with van der Waals surface area (Å²) >= 11 is 0. The number of esters is 2. The van der Waals surface area contributed by atoms with Crippen molar-refractivity contribution < 1.29 is 33.7 Å². The number of carbonyl (C=O) groups excluding carboxylic acids is 3. The number of carbonyl (C=O) groups is 3. The number of nitrogens with zero attached hydrogens (tertiary/aromatic N) is 4. The summed E-state index contributed by atoms with van der Waals surface area (Å²) in [5, 5.41) is 12.0. The van der Waals surface area contributed by atoms with Gasteiger partial charge in [0.15, 0.2) is 5.60 Å². The van der Waals surface area contributed by atoms with Crippen LogP contribution in [-0.4, -0.2) is 74.8 Å². The summed E-state index contributed by atoms with van der Waals surface area (Å²) in [5.74, 6) is -1.03. The molecule has 2 aromatic heterocycles. The molecule has 1 fully saturated rings. The van der Waals surface area contributed by atoms with Crippen molar-refractivity contribution in [1.29, 1.82) is 0 Å². The van der Waals surface area contributed by atoms with Crippen molar-refractivity contribution in [3.8, 4) is 17.1 Å². The molecule has 1 unspecified atom stereocenters. The quantitative estimate of drug-likeness (QED) is 0.308.